The van der Waals surface area contributed by atoms with Gasteiger partial charge in [-0.25, -0.2) is 8.78 Å². The summed E-state index contributed by atoms with van der Waals surface area (Å²) in [5.74, 6) is -9.30. The Hall–Kier alpha value is -1.07. The SMILES string of the molecule is FC1=C(F)[C+](F)C(F)C(F)=C1F. The minimum Gasteiger partial charge on any atom is -0.208 e. The van der Waals surface area contributed by atoms with Gasteiger partial charge in [0, 0.05) is 0 Å². The van der Waals surface area contributed by atoms with Crippen molar-refractivity contribution in [3.8, 4) is 0 Å². The maximum absolute atomic E-state index is 12.1. The molecule has 0 N–H and O–H groups in total. The number of halogens is 6. The first-order valence-electron chi connectivity index (χ1n) is 2.74. The minimum atomic E-state index is -3.18. The van der Waals surface area contributed by atoms with Crippen LogP contribution in [0.4, 0.5) is 26.3 Å². The van der Waals surface area contributed by atoms with Crippen molar-refractivity contribution < 1.29 is 26.3 Å². The third kappa shape index (κ3) is 1.07. The summed E-state index contributed by atoms with van der Waals surface area (Å²) >= 11 is 0. The van der Waals surface area contributed by atoms with Gasteiger partial charge >= 0.3 is 17.8 Å². The Labute approximate surface area is 63.2 Å². The second-order valence-electron chi connectivity index (χ2n) is 2.00. The van der Waals surface area contributed by atoms with E-state index in [0.29, 0.717) is 0 Å². The molecule has 1 unspecified atom stereocenters. The van der Waals surface area contributed by atoms with Crippen LogP contribution < -0.4 is 0 Å². The molecule has 12 heavy (non-hydrogen) atoms. The highest BCUT2D eigenvalue weighted by Gasteiger charge is 2.51. The zero-order valence-electron chi connectivity index (χ0n) is 5.35. The van der Waals surface area contributed by atoms with Crippen molar-refractivity contribution in [3.05, 3.63) is 29.5 Å². The molecule has 0 aromatic rings. The largest absolute Gasteiger partial charge is 0.357 e. The molecule has 0 amide bonds. The molecule has 0 saturated heterocycles. The summed E-state index contributed by atoms with van der Waals surface area (Å²) in [6.07, 6.45) is -5.46. The lowest BCUT2D eigenvalue weighted by atomic mass is 10.1. The second-order valence-corrected chi connectivity index (χ2v) is 2.00. The molecular formula is C6HF6+. The van der Waals surface area contributed by atoms with E-state index < -0.39 is 35.7 Å². The van der Waals surface area contributed by atoms with Crippen LogP contribution in [-0.4, -0.2) is 6.17 Å². The Kier molecular flexibility index (Phi) is 2.08. The molecule has 0 aromatic heterocycles. The van der Waals surface area contributed by atoms with Crippen LogP contribution in [0.25, 0.3) is 0 Å². The minimum absolute atomic E-state index is 2.29. The smallest absolute Gasteiger partial charge is 0.208 e. The summed E-state index contributed by atoms with van der Waals surface area (Å²) in [5, 5.41) is 0. The molecule has 0 nitrogen and oxygen atoms in total. The van der Waals surface area contributed by atoms with Gasteiger partial charge in [0.15, 0.2) is 0 Å². The third-order valence-corrected chi connectivity index (χ3v) is 1.25. The molecular weight excluding hydrogens is 186 g/mol. The van der Waals surface area contributed by atoms with Crippen LogP contribution in [-0.2, 0) is 0 Å². The Morgan fingerprint density at radius 1 is 1.00 bits per heavy atom. The topological polar surface area (TPSA) is 0 Å². The van der Waals surface area contributed by atoms with Crippen LogP contribution >= 0.6 is 0 Å². The summed E-state index contributed by atoms with van der Waals surface area (Å²) in [6.45, 7) is 0. The van der Waals surface area contributed by atoms with E-state index in [1.807, 2.05) is 0 Å². The highest BCUT2D eigenvalue weighted by atomic mass is 19.2. The van der Waals surface area contributed by atoms with Crippen molar-refractivity contribution in [3.63, 3.8) is 0 Å². The molecule has 0 bridgehead atoms. The number of alkyl halides is 1. The van der Waals surface area contributed by atoms with E-state index >= 15 is 0 Å². The van der Waals surface area contributed by atoms with E-state index in [9.17, 15) is 26.3 Å². The standard InChI is InChI=1S/C6HF6/c7-1-2(8)4(10)6(12)5(11)3(1)9/h1H/q+1. The summed E-state index contributed by atoms with van der Waals surface area (Å²) in [7, 11) is 0. The Morgan fingerprint density at radius 3 is 2.00 bits per heavy atom. The van der Waals surface area contributed by atoms with E-state index in [1.165, 1.54) is 0 Å². The molecule has 1 aliphatic carbocycles. The van der Waals surface area contributed by atoms with Gasteiger partial charge in [-0.1, -0.05) is 8.78 Å². The molecule has 6 heteroatoms. The van der Waals surface area contributed by atoms with Crippen LogP contribution in [0.3, 0.4) is 0 Å². The molecule has 1 rings (SSSR count). The first-order chi connectivity index (χ1) is 5.46. The summed E-state index contributed by atoms with van der Waals surface area (Å²) in [6, 6.07) is 0. The number of allylic oxidation sites excluding steroid dienone is 4. The first kappa shape index (κ1) is 9.02. The highest BCUT2D eigenvalue weighted by molar-refractivity contribution is 5.40. The lowest BCUT2D eigenvalue weighted by Gasteiger charge is -2.05. The van der Waals surface area contributed by atoms with Gasteiger partial charge in [0.05, 0.1) is 0 Å². The fourth-order valence-corrected chi connectivity index (χ4v) is 0.640. The lowest BCUT2D eigenvalue weighted by Crippen LogP contribution is -2.17. The molecule has 0 heterocycles. The van der Waals surface area contributed by atoms with E-state index in [2.05, 4.69) is 0 Å². The molecule has 0 spiro atoms. The molecule has 1 aliphatic rings. The maximum Gasteiger partial charge on any atom is 0.357 e. The van der Waals surface area contributed by atoms with Crippen molar-refractivity contribution in [2.24, 2.45) is 0 Å². The highest BCUT2D eigenvalue weighted by Crippen LogP contribution is 2.41. The van der Waals surface area contributed by atoms with Crippen molar-refractivity contribution in [1.82, 2.24) is 0 Å². The van der Waals surface area contributed by atoms with E-state index in [0.717, 1.165) is 0 Å². The van der Waals surface area contributed by atoms with Crippen LogP contribution in [0.15, 0.2) is 23.3 Å². The zero-order chi connectivity index (χ0) is 9.46. The average molecular weight is 187 g/mol. The summed E-state index contributed by atoms with van der Waals surface area (Å²) in [5.41, 5.74) is 0. The first-order valence-corrected chi connectivity index (χ1v) is 2.74. The predicted octanol–water partition coefficient (Wildman–Crippen LogP) is 3.14. The van der Waals surface area contributed by atoms with Crippen LogP contribution in [0, 0.1) is 6.17 Å². The third-order valence-electron chi connectivity index (χ3n) is 1.25. The molecule has 1 atom stereocenters. The Balaban J connectivity index is 3.18. The van der Waals surface area contributed by atoms with Gasteiger partial charge in [0.2, 0.25) is 5.83 Å². The van der Waals surface area contributed by atoms with E-state index in [-0.39, 0.29) is 0 Å². The monoisotopic (exact) mass is 187 g/mol. The number of hydrogen-bond donors (Lipinski definition) is 0. The summed E-state index contributed by atoms with van der Waals surface area (Å²) < 4.78 is 72.4. The predicted molar refractivity (Wildman–Crippen MR) is 27.7 cm³/mol. The fourth-order valence-electron chi connectivity index (χ4n) is 0.640. The average Bonchev–Trinajstić information content (AvgIpc) is 2.08. The fraction of sp³-hybridized carbons (Fsp3) is 0.167. The van der Waals surface area contributed by atoms with Gasteiger partial charge in [-0.2, -0.15) is 8.78 Å². The molecule has 0 aromatic carbocycles. The van der Waals surface area contributed by atoms with Crippen molar-refractivity contribution >= 4 is 0 Å². The van der Waals surface area contributed by atoms with Crippen molar-refractivity contribution in [2.45, 2.75) is 6.17 Å². The number of rotatable bonds is 0. The Morgan fingerprint density at radius 2 is 1.50 bits per heavy atom. The van der Waals surface area contributed by atoms with E-state index in [4.69, 9.17) is 0 Å². The lowest BCUT2D eigenvalue weighted by molar-refractivity contribution is 0.231. The molecule has 0 aliphatic heterocycles. The van der Waals surface area contributed by atoms with Crippen molar-refractivity contribution in [1.29, 1.82) is 0 Å². The van der Waals surface area contributed by atoms with Gasteiger partial charge in [-0.05, 0) is 0 Å². The molecule has 0 fully saturated rings. The summed E-state index contributed by atoms with van der Waals surface area (Å²) in [4.78, 5) is 0. The van der Waals surface area contributed by atoms with E-state index in [1.54, 1.807) is 0 Å². The second kappa shape index (κ2) is 2.76. The number of hydrogen-bond acceptors (Lipinski definition) is 0. The Bertz CT molecular complexity index is 237. The maximum atomic E-state index is 12.1. The van der Waals surface area contributed by atoms with Crippen LogP contribution in [0.2, 0.25) is 0 Å². The van der Waals surface area contributed by atoms with Gasteiger partial charge in [-0.15, -0.1) is 0 Å². The quantitative estimate of drug-likeness (QED) is 0.403. The molecule has 0 radical (unpaired) electrons. The normalized spacial score (nSPS) is 25.5. The van der Waals surface area contributed by atoms with Gasteiger partial charge in [0.1, 0.15) is 0 Å². The van der Waals surface area contributed by atoms with Crippen molar-refractivity contribution in [2.75, 3.05) is 0 Å². The van der Waals surface area contributed by atoms with Gasteiger partial charge < -0.3 is 0 Å². The molecule has 66 valence electrons. The van der Waals surface area contributed by atoms with Crippen LogP contribution in [0.1, 0.15) is 0 Å². The zero-order valence-corrected chi connectivity index (χ0v) is 5.35. The molecule has 0 saturated carbocycles. The van der Waals surface area contributed by atoms with Gasteiger partial charge in [0.25, 0.3) is 12.0 Å². The van der Waals surface area contributed by atoms with Crippen LogP contribution in [0.5, 0.6) is 0 Å². The van der Waals surface area contributed by atoms with Gasteiger partial charge in [-0.3, -0.25) is 0 Å².